The maximum absolute atomic E-state index is 11.6. The van der Waals surface area contributed by atoms with Crippen LogP contribution in [0.2, 0.25) is 0 Å². The van der Waals surface area contributed by atoms with Crippen LogP contribution < -0.4 is 16.6 Å². The molecule has 8 heteroatoms. The molecule has 0 bridgehead atoms. The molecule has 1 aliphatic carbocycles. The van der Waals surface area contributed by atoms with Gasteiger partial charge in [-0.05, 0) is 5.92 Å². The van der Waals surface area contributed by atoms with Gasteiger partial charge in [-0.1, -0.05) is 32.8 Å². The normalized spacial score (nSPS) is 21.7. The summed E-state index contributed by atoms with van der Waals surface area (Å²) >= 11 is 0. The van der Waals surface area contributed by atoms with Crippen molar-refractivity contribution in [3.8, 4) is 0 Å². The standard InChI is InChI=1S/C15H26N4O3.ClH/c1-4-10(5-2)14(19-9(3)20)12-6-11(15(21)22)7-13(12)17-8-18-16;/h6,8,10,12-14H,4-5,7,16H2,1-3H3,(H,17,18)(H,19,20)(H,21,22);1H/t12-,13-,14+;/m1./s1. The topological polar surface area (TPSA) is 117 Å². The molecule has 0 saturated heterocycles. The first-order chi connectivity index (χ1) is 10.4. The lowest BCUT2D eigenvalue weighted by molar-refractivity contribution is -0.132. The third-order valence-electron chi connectivity index (χ3n) is 4.22. The lowest BCUT2D eigenvalue weighted by Crippen LogP contribution is -2.46. The summed E-state index contributed by atoms with van der Waals surface area (Å²) < 4.78 is 0. The van der Waals surface area contributed by atoms with E-state index in [-0.39, 0.29) is 42.2 Å². The van der Waals surface area contributed by atoms with E-state index in [1.54, 1.807) is 6.08 Å². The Morgan fingerprint density at radius 3 is 2.52 bits per heavy atom. The molecular formula is C15H27ClN4O3. The van der Waals surface area contributed by atoms with E-state index in [9.17, 15) is 14.7 Å². The van der Waals surface area contributed by atoms with Crippen LogP contribution >= 0.6 is 12.4 Å². The number of carboxylic acids is 1. The number of nitrogens with one attached hydrogen (secondary N) is 2. The van der Waals surface area contributed by atoms with Gasteiger partial charge in [-0.15, -0.1) is 12.4 Å². The second-order valence-electron chi connectivity index (χ2n) is 5.59. The minimum atomic E-state index is -0.936. The molecule has 3 atom stereocenters. The summed E-state index contributed by atoms with van der Waals surface area (Å²) in [6, 6.07) is -0.371. The molecule has 0 heterocycles. The average molecular weight is 347 g/mol. The Hall–Kier alpha value is -1.60. The van der Waals surface area contributed by atoms with Crippen molar-refractivity contribution in [1.82, 2.24) is 10.7 Å². The fourth-order valence-electron chi connectivity index (χ4n) is 3.12. The molecular weight excluding hydrogens is 320 g/mol. The van der Waals surface area contributed by atoms with Gasteiger partial charge in [0.05, 0.1) is 12.4 Å². The summed E-state index contributed by atoms with van der Waals surface area (Å²) in [6.07, 6.45) is 5.25. The highest BCUT2D eigenvalue weighted by Gasteiger charge is 2.38. The second-order valence-corrected chi connectivity index (χ2v) is 5.59. The van der Waals surface area contributed by atoms with E-state index >= 15 is 0 Å². The summed E-state index contributed by atoms with van der Waals surface area (Å²) in [4.78, 5) is 27.1. The number of carbonyl (C=O) groups excluding carboxylic acids is 1. The van der Waals surface area contributed by atoms with Gasteiger partial charge in [-0.2, -0.15) is 0 Å². The van der Waals surface area contributed by atoms with E-state index < -0.39 is 5.97 Å². The number of hydrogen-bond acceptors (Lipinski definition) is 4. The zero-order valence-corrected chi connectivity index (χ0v) is 14.6. The van der Waals surface area contributed by atoms with Crippen molar-refractivity contribution in [2.24, 2.45) is 22.7 Å². The molecule has 132 valence electrons. The van der Waals surface area contributed by atoms with Crippen LogP contribution in [0.4, 0.5) is 0 Å². The number of aliphatic carboxylic acids is 1. The number of carbonyl (C=O) groups is 2. The summed E-state index contributed by atoms with van der Waals surface area (Å²) in [5.74, 6) is 4.28. The Balaban J connectivity index is 0.00000484. The summed E-state index contributed by atoms with van der Waals surface area (Å²) in [6.45, 7) is 5.62. The quantitative estimate of drug-likeness (QED) is 0.228. The zero-order chi connectivity index (χ0) is 16.7. The first kappa shape index (κ1) is 21.4. The monoisotopic (exact) mass is 346 g/mol. The molecule has 0 aromatic rings. The van der Waals surface area contributed by atoms with Gasteiger partial charge in [0.15, 0.2) is 0 Å². The highest BCUT2D eigenvalue weighted by Crippen LogP contribution is 2.34. The minimum Gasteiger partial charge on any atom is -0.478 e. The van der Waals surface area contributed by atoms with E-state index in [0.717, 1.165) is 12.8 Å². The Morgan fingerprint density at radius 1 is 1.48 bits per heavy atom. The number of aliphatic imine (C=N–C) groups is 1. The highest BCUT2D eigenvalue weighted by atomic mass is 35.5. The lowest BCUT2D eigenvalue weighted by atomic mass is 9.82. The van der Waals surface area contributed by atoms with Crippen LogP contribution in [-0.2, 0) is 9.59 Å². The number of rotatable bonds is 8. The maximum Gasteiger partial charge on any atom is 0.331 e. The van der Waals surface area contributed by atoms with Gasteiger partial charge in [0.25, 0.3) is 0 Å². The van der Waals surface area contributed by atoms with E-state index in [1.165, 1.54) is 13.3 Å². The van der Waals surface area contributed by atoms with Crippen molar-refractivity contribution < 1.29 is 14.7 Å². The Kier molecular flexibility index (Phi) is 9.52. The SMILES string of the molecule is CCC(CC)[C@H](NC(C)=O)[C@@H]1C=C(C(=O)O)C[C@H]1N=CNN.Cl. The summed E-state index contributed by atoms with van der Waals surface area (Å²) in [5.41, 5.74) is 2.68. The molecule has 0 spiro atoms. The van der Waals surface area contributed by atoms with Crippen molar-refractivity contribution in [2.75, 3.05) is 0 Å². The molecule has 0 aromatic carbocycles. The average Bonchev–Trinajstić information content (AvgIpc) is 2.89. The highest BCUT2D eigenvalue weighted by molar-refractivity contribution is 5.87. The third kappa shape index (κ3) is 5.84. The first-order valence-corrected chi connectivity index (χ1v) is 7.63. The van der Waals surface area contributed by atoms with Gasteiger partial charge >= 0.3 is 5.97 Å². The smallest absolute Gasteiger partial charge is 0.331 e. The van der Waals surface area contributed by atoms with Crippen LogP contribution in [-0.4, -0.2) is 35.4 Å². The molecule has 5 N–H and O–H groups in total. The van der Waals surface area contributed by atoms with E-state index in [2.05, 4.69) is 29.6 Å². The molecule has 0 radical (unpaired) electrons. The Morgan fingerprint density at radius 2 is 2.09 bits per heavy atom. The zero-order valence-electron chi connectivity index (χ0n) is 13.8. The second kappa shape index (κ2) is 10.2. The number of carboxylic acid groups (broad SMARTS) is 1. The number of hydrazine groups is 1. The molecule has 23 heavy (non-hydrogen) atoms. The van der Waals surface area contributed by atoms with Gasteiger partial charge < -0.3 is 15.8 Å². The Labute approximate surface area is 143 Å². The first-order valence-electron chi connectivity index (χ1n) is 7.63. The van der Waals surface area contributed by atoms with E-state index in [4.69, 9.17) is 5.84 Å². The number of nitrogens with zero attached hydrogens (tertiary/aromatic N) is 1. The van der Waals surface area contributed by atoms with Crippen molar-refractivity contribution in [2.45, 2.75) is 52.1 Å². The van der Waals surface area contributed by atoms with E-state index in [0.29, 0.717) is 12.0 Å². The summed E-state index contributed by atoms with van der Waals surface area (Å²) in [5, 5.41) is 12.2. The van der Waals surface area contributed by atoms with Crippen LogP contribution in [0.15, 0.2) is 16.6 Å². The molecule has 7 nitrogen and oxygen atoms in total. The van der Waals surface area contributed by atoms with Crippen LogP contribution in [0.25, 0.3) is 0 Å². The van der Waals surface area contributed by atoms with Crippen LogP contribution in [0.1, 0.15) is 40.0 Å². The summed E-state index contributed by atoms with van der Waals surface area (Å²) in [7, 11) is 0. The minimum absolute atomic E-state index is 0. The lowest BCUT2D eigenvalue weighted by Gasteiger charge is -2.32. The van der Waals surface area contributed by atoms with Crippen LogP contribution in [0.5, 0.6) is 0 Å². The molecule has 0 saturated carbocycles. The number of amides is 1. The molecule has 0 aromatic heterocycles. The molecule has 0 aliphatic heterocycles. The number of hydrogen-bond donors (Lipinski definition) is 4. The largest absolute Gasteiger partial charge is 0.478 e. The predicted molar refractivity (Wildman–Crippen MR) is 92.4 cm³/mol. The van der Waals surface area contributed by atoms with Crippen molar-refractivity contribution in [3.05, 3.63) is 11.6 Å². The van der Waals surface area contributed by atoms with Gasteiger partial charge in [0, 0.05) is 30.9 Å². The fourth-order valence-corrected chi connectivity index (χ4v) is 3.12. The number of nitrogens with two attached hydrogens (primary N) is 1. The van der Waals surface area contributed by atoms with Gasteiger partial charge in [-0.3, -0.25) is 9.79 Å². The molecule has 0 unspecified atom stereocenters. The van der Waals surface area contributed by atoms with Crippen LogP contribution in [0, 0.1) is 11.8 Å². The fraction of sp³-hybridized carbons (Fsp3) is 0.667. The van der Waals surface area contributed by atoms with Gasteiger partial charge in [-0.25, -0.2) is 10.6 Å². The van der Waals surface area contributed by atoms with Gasteiger partial charge in [0.2, 0.25) is 5.91 Å². The van der Waals surface area contributed by atoms with E-state index in [1.807, 2.05) is 0 Å². The third-order valence-corrected chi connectivity index (χ3v) is 4.22. The van der Waals surface area contributed by atoms with Crippen LogP contribution in [0.3, 0.4) is 0 Å². The molecule has 1 rings (SSSR count). The maximum atomic E-state index is 11.6. The molecule has 1 amide bonds. The Bertz CT molecular complexity index is 464. The number of halogens is 1. The van der Waals surface area contributed by atoms with Crippen molar-refractivity contribution in [3.63, 3.8) is 0 Å². The predicted octanol–water partition coefficient (Wildman–Crippen LogP) is 1.24. The molecule has 0 fully saturated rings. The molecule has 1 aliphatic rings. The van der Waals surface area contributed by atoms with Gasteiger partial charge in [0.1, 0.15) is 0 Å². The van der Waals surface area contributed by atoms with Crippen molar-refractivity contribution >= 4 is 30.6 Å². The van der Waals surface area contributed by atoms with Crippen molar-refractivity contribution in [1.29, 1.82) is 0 Å².